The van der Waals surface area contributed by atoms with Crippen LogP contribution in [0.5, 0.6) is 0 Å². The molecule has 1 aromatic carbocycles. The van der Waals surface area contributed by atoms with Crippen molar-refractivity contribution < 1.29 is 5.11 Å². The van der Waals surface area contributed by atoms with Gasteiger partial charge in [-0.05, 0) is 12.5 Å². The lowest BCUT2D eigenvalue weighted by Crippen LogP contribution is -2.32. The molecular formula is C12H20ClNO. The Morgan fingerprint density at radius 2 is 1.73 bits per heavy atom. The molecule has 3 heteroatoms. The molecule has 0 fully saturated rings. The van der Waals surface area contributed by atoms with E-state index < -0.39 is 0 Å². The maximum absolute atomic E-state index is 9.20. The summed E-state index contributed by atoms with van der Waals surface area (Å²) >= 11 is 0. The molecule has 0 amide bonds. The first-order chi connectivity index (χ1) is 6.47. The summed E-state index contributed by atoms with van der Waals surface area (Å²) in [6, 6.07) is 8.02. The van der Waals surface area contributed by atoms with Crippen molar-refractivity contribution in [3.8, 4) is 0 Å². The van der Waals surface area contributed by atoms with E-state index in [1.54, 1.807) is 0 Å². The molecule has 0 bridgehead atoms. The molecule has 1 aromatic rings. The highest BCUT2D eigenvalue weighted by Gasteiger charge is 2.26. The molecule has 0 radical (unpaired) electrons. The Kier molecular flexibility index (Phi) is 5.29. The van der Waals surface area contributed by atoms with Gasteiger partial charge in [-0.3, -0.25) is 0 Å². The largest absolute Gasteiger partial charge is 0.396 e. The Hall–Kier alpha value is -0.570. The van der Waals surface area contributed by atoms with Gasteiger partial charge < -0.3 is 10.8 Å². The Morgan fingerprint density at radius 3 is 2.13 bits per heavy atom. The number of aryl methyl sites for hydroxylation is 1. The van der Waals surface area contributed by atoms with Crippen molar-refractivity contribution in [2.45, 2.75) is 26.8 Å². The van der Waals surface area contributed by atoms with Crippen LogP contribution in [-0.2, 0) is 0 Å². The minimum Gasteiger partial charge on any atom is -0.396 e. The first kappa shape index (κ1) is 14.4. The lowest BCUT2D eigenvalue weighted by Gasteiger charge is -2.29. The van der Waals surface area contributed by atoms with Crippen LogP contribution < -0.4 is 5.73 Å². The zero-order chi connectivity index (χ0) is 10.8. The van der Waals surface area contributed by atoms with Gasteiger partial charge in [0.05, 0.1) is 0 Å². The summed E-state index contributed by atoms with van der Waals surface area (Å²) in [6.45, 7) is 6.09. The van der Waals surface area contributed by atoms with Crippen LogP contribution in [0, 0.1) is 12.3 Å². The van der Waals surface area contributed by atoms with Gasteiger partial charge in [0.25, 0.3) is 0 Å². The quantitative estimate of drug-likeness (QED) is 0.837. The van der Waals surface area contributed by atoms with Crippen LogP contribution in [0.25, 0.3) is 0 Å². The molecule has 3 N–H and O–H groups in total. The highest BCUT2D eigenvalue weighted by atomic mass is 35.5. The third-order valence-electron chi connectivity index (χ3n) is 2.69. The fourth-order valence-electron chi connectivity index (χ4n) is 1.32. The predicted octanol–water partition coefficient (Wildman–Crippen LogP) is 2.44. The van der Waals surface area contributed by atoms with E-state index in [9.17, 15) is 5.11 Å². The van der Waals surface area contributed by atoms with Gasteiger partial charge in [-0.15, -0.1) is 12.4 Å². The first-order valence-electron chi connectivity index (χ1n) is 4.90. The van der Waals surface area contributed by atoms with Crippen molar-refractivity contribution in [3.63, 3.8) is 0 Å². The maximum Gasteiger partial charge on any atom is 0.0500 e. The van der Waals surface area contributed by atoms with E-state index in [4.69, 9.17) is 5.73 Å². The van der Waals surface area contributed by atoms with Crippen molar-refractivity contribution in [1.82, 2.24) is 0 Å². The predicted molar refractivity (Wildman–Crippen MR) is 66.2 cm³/mol. The van der Waals surface area contributed by atoms with Crippen molar-refractivity contribution in [2.24, 2.45) is 11.1 Å². The molecule has 0 saturated carbocycles. The van der Waals surface area contributed by atoms with Gasteiger partial charge in [0, 0.05) is 18.1 Å². The number of aliphatic hydroxyl groups is 1. The summed E-state index contributed by atoms with van der Waals surface area (Å²) in [4.78, 5) is 0. The van der Waals surface area contributed by atoms with Crippen molar-refractivity contribution in [2.75, 3.05) is 6.61 Å². The third kappa shape index (κ3) is 3.49. The maximum atomic E-state index is 9.20. The van der Waals surface area contributed by atoms with Crippen molar-refractivity contribution >= 4 is 12.4 Å². The van der Waals surface area contributed by atoms with E-state index in [1.807, 2.05) is 45.0 Å². The molecule has 2 nitrogen and oxygen atoms in total. The second kappa shape index (κ2) is 5.50. The molecule has 15 heavy (non-hydrogen) atoms. The molecule has 0 spiro atoms. The molecule has 0 aliphatic rings. The molecule has 0 unspecified atom stereocenters. The van der Waals surface area contributed by atoms with E-state index >= 15 is 0 Å². The Balaban J connectivity index is 0.00000196. The van der Waals surface area contributed by atoms with Gasteiger partial charge in [-0.2, -0.15) is 0 Å². The Labute approximate surface area is 97.9 Å². The Bertz CT molecular complexity index is 295. The summed E-state index contributed by atoms with van der Waals surface area (Å²) in [5.74, 6) is 0. The molecule has 0 aliphatic heterocycles. The average molecular weight is 230 g/mol. The van der Waals surface area contributed by atoms with E-state index in [-0.39, 0.29) is 30.5 Å². The normalized spacial score (nSPS) is 13.1. The van der Waals surface area contributed by atoms with Crippen LogP contribution in [0.2, 0.25) is 0 Å². The molecule has 0 saturated heterocycles. The monoisotopic (exact) mass is 229 g/mol. The molecule has 86 valence electrons. The van der Waals surface area contributed by atoms with Crippen molar-refractivity contribution in [1.29, 1.82) is 0 Å². The van der Waals surface area contributed by atoms with Crippen LogP contribution >= 0.6 is 12.4 Å². The Morgan fingerprint density at radius 1 is 1.27 bits per heavy atom. The minimum absolute atomic E-state index is 0. The summed E-state index contributed by atoms with van der Waals surface area (Å²) in [5.41, 5.74) is 8.11. The third-order valence-corrected chi connectivity index (χ3v) is 2.69. The fraction of sp³-hybridized carbons (Fsp3) is 0.500. The highest BCUT2D eigenvalue weighted by molar-refractivity contribution is 5.85. The van der Waals surface area contributed by atoms with Gasteiger partial charge >= 0.3 is 0 Å². The van der Waals surface area contributed by atoms with Gasteiger partial charge in [-0.25, -0.2) is 0 Å². The van der Waals surface area contributed by atoms with Crippen LogP contribution in [-0.4, -0.2) is 11.7 Å². The van der Waals surface area contributed by atoms with Crippen molar-refractivity contribution in [3.05, 3.63) is 35.4 Å². The molecule has 1 atom stereocenters. The number of aliphatic hydroxyl groups excluding tert-OH is 1. The minimum atomic E-state index is -0.269. The second-order valence-corrected chi connectivity index (χ2v) is 4.54. The number of halogens is 1. The standard InChI is InChI=1S/C12H19NO.ClH/c1-9-4-6-10(7-5-9)11(13)12(2,3)8-14;/h4-7,11,14H,8,13H2,1-3H3;1H/t11-;/m0./s1. The lowest BCUT2D eigenvalue weighted by molar-refractivity contribution is 0.132. The van der Waals surface area contributed by atoms with E-state index in [0.29, 0.717) is 0 Å². The summed E-state index contributed by atoms with van der Waals surface area (Å²) in [6.07, 6.45) is 0. The van der Waals surface area contributed by atoms with E-state index in [1.165, 1.54) is 5.56 Å². The van der Waals surface area contributed by atoms with E-state index in [0.717, 1.165) is 5.56 Å². The van der Waals surface area contributed by atoms with Gasteiger partial charge in [0.2, 0.25) is 0 Å². The van der Waals surface area contributed by atoms with Crippen LogP contribution in [0.3, 0.4) is 0 Å². The van der Waals surface area contributed by atoms with Gasteiger partial charge in [-0.1, -0.05) is 43.7 Å². The average Bonchev–Trinajstić information content (AvgIpc) is 2.18. The second-order valence-electron chi connectivity index (χ2n) is 4.54. The van der Waals surface area contributed by atoms with E-state index in [2.05, 4.69) is 0 Å². The van der Waals surface area contributed by atoms with Crippen LogP contribution in [0.15, 0.2) is 24.3 Å². The smallest absolute Gasteiger partial charge is 0.0500 e. The molecule has 0 heterocycles. The number of rotatable bonds is 3. The zero-order valence-electron chi connectivity index (χ0n) is 9.53. The molecule has 1 rings (SSSR count). The van der Waals surface area contributed by atoms with Gasteiger partial charge in [0.1, 0.15) is 0 Å². The fourth-order valence-corrected chi connectivity index (χ4v) is 1.32. The molecule has 0 aromatic heterocycles. The number of hydrogen-bond donors (Lipinski definition) is 2. The molecular weight excluding hydrogens is 210 g/mol. The number of nitrogens with two attached hydrogens (primary N) is 1. The van der Waals surface area contributed by atoms with Gasteiger partial charge in [0.15, 0.2) is 0 Å². The lowest BCUT2D eigenvalue weighted by atomic mass is 9.82. The SMILES string of the molecule is Cc1ccc([C@H](N)C(C)(C)CO)cc1.Cl. The number of benzene rings is 1. The highest BCUT2D eigenvalue weighted by Crippen LogP contribution is 2.30. The van der Waals surface area contributed by atoms with Crippen LogP contribution in [0.1, 0.15) is 31.0 Å². The number of hydrogen-bond acceptors (Lipinski definition) is 2. The topological polar surface area (TPSA) is 46.2 Å². The summed E-state index contributed by atoms with van der Waals surface area (Å²) < 4.78 is 0. The van der Waals surface area contributed by atoms with Crippen LogP contribution in [0.4, 0.5) is 0 Å². The molecule has 0 aliphatic carbocycles. The first-order valence-corrected chi connectivity index (χ1v) is 4.90. The summed E-state index contributed by atoms with van der Waals surface area (Å²) in [5, 5.41) is 9.20. The summed E-state index contributed by atoms with van der Waals surface area (Å²) in [7, 11) is 0. The zero-order valence-corrected chi connectivity index (χ0v) is 10.3.